The van der Waals surface area contributed by atoms with Gasteiger partial charge in [-0.25, -0.2) is 8.42 Å². The standard InChI is InChI=1S/C7H15IO2S/c1-2-3-4-5-6-7-11(8,9)10/h2-7H2,1H3. The molecular weight excluding hydrogens is 275 g/mol. The number of halogens is 1. The highest BCUT2D eigenvalue weighted by Crippen LogP contribution is 2.08. The summed E-state index contributed by atoms with van der Waals surface area (Å²) in [5.41, 5.74) is 0. The lowest BCUT2D eigenvalue weighted by Gasteiger charge is -1.96. The van der Waals surface area contributed by atoms with Crippen molar-refractivity contribution < 1.29 is 8.42 Å². The number of hydrogen-bond donors (Lipinski definition) is 0. The molecule has 0 rings (SSSR count). The predicted octanol–water partition coefficient (Wildman–Crippen LogP) is 2.72. The van der Waals surface area contributed by atoms with Crippen LogP contribution in [0.3, 0.4) is 0 Å². The Morgan fingerprint density at radius 1 is 1.09 bits per heavy atom. The minimum atomic E-state index is -2.74. The molecule has 0 aliphatic rings. The summed E-state index contributed by atoms with van der Waals surface area (Å²) in [7, 11) is -2.74. The minimum absolute atomic E-state index is 0.345. The van der Waals surface area contributed by atoms with Crippen molar-refractivity contribution >= 4 is 28.2 Å². The molecule has 0 radical (unpaired) electrons. The minimum Gasteiger partial charge on any atom is -0.218 e. The van der Waals surface area contributed by atoms with Gasteiger partial charge in [-0.15, -0.1) is 0 Å². The van der Waals surface area contributed by atoms with Crippen LogP contribution >= 0.6 is 21.2 Å². The Hall–Kier alpha value is 0.680. The third-order valence-electron chi connectivity index (χ3n) is 1.49. The summed E-state index contributed by atoms with van der Waals surface area (Å²) in [6, 6.07) is 0. The maximum atomic E-state index is 10.7. The van der Waals surface area contributed by atoms with Crippen molar-refractivity contribution in [1.82, 2.24) is 0 Å². The average molecular weight is 290 g/mol. The van der Waals surface area contributed by atoms with E-state index in [0.717, 1.165) is 12.8 Å². The van der Waals surface area contributed by atoms with Gasteiger partial charge in [-0.3, -0.25) is 0 Å². The zero-order chi connectivity index (χ0) is 8.74. The van der Waals surface area contributed by atoms with Crippen molar-refractivity contribution in [2.45, 2.75) is 39.0 Å². The molecule has 0 saturated heterocycles. The van der Waals surface area contributed by atoms with Gasteiger partial charge in [0.1, 0.15) is 0 Å². The molecule has 0 bridgehead atoms. The van der Waals surface area contributed by atoms with E-state index in [9.17, 15) is 8.42 Å². The van der Waals surface area contributed by atoms with Crippen molar-refractivity contribution in [3.05, 3.63) is 0 Å². The molecule has 2 nitrogen and oxygen atoms in total. The molecule has 0 amide bonds. The lowest BCUT2D eigenvalue weighted by atomic mass is 10.2. The van der Waals surface area contributed by atoms with E-state index < -0.39 is 7.01 Å². The van der Waals surface area contributed by atoms with Gasteiger partial charge in [0.2, 0.25) is 7.01 Å². The molecule has 0 aliphatic heterocycles. The van der Waals surface area contributed by atoms with Crippen LogP contribution in [0.25, 0.3) is 0 Å². The van der Waals surface area contributed by atoms with Crippen LogP contribution in [-0.4, -0.2) is 14.2 Å². The first-order valence-electron chi connectivity index (χ1n) is 3.98. The van der Waals surface area contributed by atoms with Crippen molar-refractivity contribution in [3.8, 4) is 0 Å². The lowest BCUT2D eigenvalue weighted by Crippen LogP contribution is -1.95. The van der Waals surface area contributed by atoms with Crippen molar-refractivity contribution in [1.29, 1.82) is 0 Å². The van der Waals surface area contributed by atoms with Gasteiger partial charge in [-0.2, -0.15) is 0 Å². The summed E-state index contributed by atoms with van der Waals surface area (Å²) in [5.74, 6) is 0.345. The van der Waals surface area contributed by atoms with E-state index in [4.69, 9.17) is 0 Å². The number of hydrogen-bond acceptors (Lipinski definition) is 2. The van der Waals surface area contributed by atoms with Gasteiger partial charge in [-0.05, 0) is 6.42 Å². The van der Waals surface area contributed by atoms with E-state index in [-0.39, 0.29) is 0 Å². The van der Waals surface area contributed by atoms with Gasteiger partial charge in [0.05, 0.1) is 27.0 Å². The Bertz CT molecular complexity index is 175. The van der Waals surface area contributed by atoms with E-state index in [1.165, 1.54) is 40.5 Å². The molecule has 0 unspecified atom stereocenters. The van der Waals surface area contributed by atoms with Gasteiger partial charge < -0.3 is 0 Å². The third kappa shape index (κ3) is 10.7. The molecule has 0 aromatic rings. The second kappa shape index (κ2) is 6.22. The van der Waals surface area contributed by atoms with Gasteiger partial charge >= 0.3 is 0 Å². The summed E-state index contributed by atoms with van der Waals surface area (Å²) in [6.07, 6.45) is 5.47. The van der Waals surface area contributed by atoms with Crippen molar-refractivity contribution in [2.75, 3.05) is 5.75 Å². The monoisotopic (exact) mass is 290 g/mol. The largest absolute Gasteiger partial charge is 0.218 e. The van der Waals surface area contributed by atoms with Crippen LogP contribution in [0, 0.1) is 0 Å². The Kier molecular flexibility index (Phi) is 6.61. The van der Waals surface area contributed by atoms with Gasteiger partial charge in [0.25, 0.3) is 0 Å². The fourth-order valence-electron chi connectivity index (χ4n) is 0.878. The first kappa shape index (κ1) is 11.7. The average Bonchev–Trinajstić information content (AvgIpc) is 1.85. The molecule has 0 aromatic heterocycles. The van der Waals surface area contributed by atoms with Crippen LogP contribution in [-0.2, 0) is 7.01 Å². The Labute approximate surface area is 81.3 Å². The fraction of sp³-hybridized carbons (Fsp3) is 1.00. The van der Waals surface area contributed by atoms with Crippen molar-refractivity contribution in [3.63, 3.8) is 0 Å². The topological polar surface area (TPSA) is 34.1 Å². The SMILES string of the molecule is CCCCCCCS(=O)(=O)I. The van der Waals surface area contributed by atoms with Gasteiger partial charge in [0, 0.05) is 0 Å². The summed E-state index contributed by atoms with van der Waals surface area (Å²) in [4.78, 5) is 0. The Morgan fingerprint density at radius 2 is 1.64 bits per heavy atom. The summed E-state index contributed by atoms with van der Waals surface area (Å²) >= 11 is 1.51. The van der Waals surface area contributed by atoms with E-state index in [0.29, 0.717) is 5.75 Å². The summed E-state index contributed by atoms with van der Waals surface area (Å²) in [6.45, 7) is 2.15. The molecule has 0 spiro atoms. The molecule has 0 fully saturated rings. The Morgan fingerprint density at radius 3 is 2.09 bits per heavy atom. The van der Waals surface area contributed by atoms with Crippen LogP contribution in [0.1, 0.15) is 39.0 Å². The smallest absolute Gasteiger partial charge is 0.203 e. The van der Waals surface area contributed by atoms with Crippen LogP contribution in [0.15, 0.2) is 0 Å². The van der Waals surface area contributed by atoms with Gasteiger partial charge in [0.15, 0.2) is 0 Å². The van der Waals surface area contributed by atoms with Crippen LogP contribution in [0.4, 0.5) is 0 Å². The molecule has 68 valence electrons. The number of unbranched alkanes of at least 4 members (excludes halogenated alkanes) is 4. The molecule has 0 aliphatic carbocycles. The summed E-state index contributed by atoms with van der Waals surface area (Å²) in [5, 5.41) is 0. The highest BCUT2D eigenvalue weighted by atomic mass is 127. The molecule has 0 saturated carbocycles. The van der Waals surface area contributed by atoms with E-state index >= 15 is 0 Å². The first-order valence-corrected chi connectivity index (χ1v) is 8.18. The molecule has 4 heteroatoms. The van der Waals surface area contributed by atoms with E-state index in [1.54, 1.807) is 0 Å². The normalized spacial score (nSPS) is 11.8. The second-order valence-electron chi connectivity index (χ2n) is 2.66. The highest BCUT2D eigenvalue weighted by molar-refractivity contribution is 14.2. The lowest BCUT2D eigenvalue weighted by molar-refractivity contribution is 0.602. The summed E-state index contributed by atoms with van der Waals surface area (Å²) < 4.78 is 21.3. The molecule has 0 heterocycles. The fourth-order valence-corrected chi connectivity index (χ4v) is 2.36. The van der Waals surface area contributed by atoms with Crippen LogP contribution < -0.4 is 0 Å². The third-order valence-corrected chi connectivity index (χ3v) is 3.59. The maximum Gasteiger partial charge on any atom is 0.203 e. The van der Waals surface area contributed by atoms with E-state index in [2.05, 4.69) is 6.92 Å². The van der Waals surface area contributed by atoms with Gasteiger partial charge in [-0.1, -0.05) is 32.6 Å². The van der Waals surface area contributed by atoms with Crippen molar-refractivity contribution in [2.24, 2.45) is 0 Å². The molecule has 0 N–H and O–H groups in total. The van der Waals surface area contributed by atoms with Crippen LogP contribution in [0.5, 0.6) is 0 Å². The molecule has 11 heavy (non-hydrogen) atoms. The molecular formula is C7H15IO2S. The zero-order valence-corrected chi connectivity index (χ0v) is 9.82. The van der Waals surface area contributed by atoms with Crippen LogP contribution in [0.2, 0.25) is 0 Å². The number of rotatable bonds is 6. The van der Waals surface area contributed by atoms with E-state index in [1.807, 2.05) is 0 Å². The second-order valence-corrected chi connectivity index (χ2v) is 8.17. The predicted molar refractivity (Wildman–Crippen MR) is 56.6 cm³/mol. The highest BCUT2D eigenvalue weighted by Gasteiger charge is 2.02. The zero-order valence-electron chi connectivity index (χ0n) is 6.85. The maximum absolute atomic E-state index is 10.7. The Balaban J connectivity index is 3.16. The molecule has 0 aromatic carbocycles. The molecule has 0 atom stereocenters. The first-order chi connectivity index (χ1) is 5.06. The quantitative estimate of drug-likeness (QED) is 0.428.